The minimum absolute atomic E-state index is 0.136. The van der Waals surface area contributed by atoms with E-state index in [-0.39, 0.29) is 5.78 Å². The van der Waals surface area contributed by atoms with Crippen molar-refractivity contribution in [3.8, 4) is 0 Å². The first kappa shape index (κ1) is 9.96. The van der Waals surface area contributed by atoms with Gasteiger partial charge in [0.15, 0.2) is 11.2 Å². The van der Waals surface area contributed by atoms with Crippen LogP contribution in [0.2, 0.25) is 0 Å². The zero-order chi connectivity index (χ0) is 10.1. The zero-order valence-electron chi connectivity index (χ0n) is 8.22. The Balaban J connectivity index is 2.74. The third-order valence-electron chi connectivity index (χ3n) is 2.40. The highest BCUT2D eigenvalue weighted by molar-refractivity contribution is 6.12. The van der Waals surface area contributed by atoms with E-state index in [4.69, 9.17) is 0 Å². The lowest BCUT2D eigenvalue weighted by Gasteiger charge is -2.11. The van der Waals surface area contributed by atoms with Crippen LogP contribution in [0.5, 0.6) is 0 Å². The molecule has 13 heavy (non-hydrogen) atoms. The first-order valence-electron chi connectivity index (χ1n) is 4.41. The van der Waals surface area contributed by atoms with E-state index in [9.17, 15) is 9.59 Å². The summed E-state index contributed by atoms with van der Waals surface area (Å²) in [6.07, 6.45) is 3.46. The third kappa shape index (κ3) is 1.39. The van der Waals surface area contributed by atoms with E-state index in [0.717, 1.165) is 18.4 Å². The van der Waals surface area contributed by atoms with Crippen molar-refractivity contribution in [2.24, 2.45) is 5.41 Å². The molecule has 0 radical (unpaired) electrons. The van der Waals surface area contributed by atoms with Crippen molar-refractivity contribution in [3.05, 3.63) is 11.6 Å². The van der Waals surface area contributed by atoms with E-state index in [2.05, 4.69) is 4.74 Å². The van der Waals surface area contributed by atoms with E-state index in [1.807, 2.05) is 6.92 Å². The SMILES string of the molecule is CCCC1=CC1(C(C)=O)C(=O)OC. The molecule has 1 rings (SSSR count). The van der Waals surface area contributed by atoms with Crippen molar-refractivity contribution in [1.82, 2.24) is 0 Å². The lowest BCUT2D eigenvalue weighted by atomic mass is 9.94. The zero-order valence-corrected chi connectivity index (χ0v) is 8.22. The average Bonchev–Trinajstić information content (AvgIpc) is 2.80. The van der Waals surface area contributed by atoms with Crippen LogP contribution in [0.4, 0.5) is 0 Å². The molecule has 0 aliphatic heterocycles. The van der Waals surface area contributed by atoms with Gasteiger partial charge in [0.25, 0.3) is 0 Å². The lowest BCUT2D eigenvalue weighted by Crippen LogP contribution is -2.28. The predicted octanol–water partition coefficient (Wildman–Crippen LogP) is 1.47. The van der Waals surface area contributed by atoms with Crippen molar-refractivity contribution in [3.63, 3.8) is 0 Å². The first-order chi connectivity index (χ1) is 6.09. The number of esters is 1. The molecule has 0 N–H and O–H groups in total. The lowest BCUT2D eigenvalue weighted by molar-refractivity contribution is -0.149. The topological polar surface area (TPSA) is 43.4 Å². The highest BCUT2D eigenvalue weighted by atomic mass is 16.5. The average molecular weight is 182 g/mol. The Kier molecular flexibility index (Phi) is 2.55. The number of carbonyl (C=O) groups excluding carboxylic acids is 2. The summed E-state index contributed by atoms with van der Waals surface area (Å²) in [5, 5.41) is 0. The van der Waals surface area contributed by atoms with Crippen molar-refractivity contribution in [2.45, 2.75) is 26.7 Å². The second kappa shape index (κ2) is 3.32. The molecule has 0 aromatic carbocycles. The normalized spacial score (nSPS) is 25.0. The summed E-state index contributed by atoms with van der Waals surface area (Å²) in [5.74, 6) is -0.578. The fourth-order valence-corrected chi connectivity index (χ4v) is 1.59. The standard InChI is InChI=1S/C10H14O3/c1-4-5-8-6-10(8,7(2)11)9(12)13-3/h6H,4-5H2,1-3H3. The molecule has 0 saturated carbocycles. The molecule has 0 amide bonds. The molecule has 1 aliphatic carbocycles. The molecule has 0 bridgehead atoms. The highest BCUT2D eigenvalue weighted by Crippen LogP contribution is 2.48. The maximum Gasteiger partial charge on any atom is 0.327 e. The van der Waals surface area contributed by atoms with Gasteiger partial charge in [-0.15, -0.1) is 0 Å². The van der Waals surface area contributed by atoms with Gasteiger partial charge < -0.3 is 4.74 Å². The Morgan fingerprint density at radius 2 is 2.15 bits per heavy atom. The van der Waals surface area contributed by atoms with E-state index in [1.165, 1.54) is 14.0 Å². The number of ether oxygens (including phenoxy) is 1. The Bertz CT molecular complexity index is 278. The maximum atomic E-state index is 11.3. The van der Waals surface area contributed by atoms with Gasteiger partial charge in [0.2, 0.25) is 0 Å². The summed E-state index contributed by atoms with van der Waals surface area (Å²) in [6.45, 7) is 3.44. The van der Waals surface area contributed by atoms with Crippen molar-refractivity contribution >= 4 is 11.8 Å². The molecular weight excluding hydrogens is 168 g/mol. The third-order valence-corrected chi connectivity index (χ3v) is 2.40. The molecule has 1 atom stereocenters. The van der Waals surface area contributed by atoms with Crippen LogP contribution in [0, 0.1) is 5.41 Å². The van der Waals surface area contributed by atoms with Gasteiger partial charge in [-0.3, -0.25) is 9.59 Å². The molecule has 72 valence electrons. The molecule has 1 aliphatic rings. The predicted molar refractivity (Wildman–Crippen MR) is 48.1 cm³/mol. The van der Waals surface area contributed by atoms with Crippen LogP contribution in [0.3, 0.4) is 0 Å². The van der Waals surface area contributed by atoms with Gasteiger partial charge in [-0.2, -0.15) is 0 Å². The minimum atomic E-state index is -0.981. The molecular formula is C10H14O3. The molecule has 1 unspecified atom stereocenters. The van der Waals surface area contributed by atoms with Crippen LogP contribution in [0.1, 0.15) is 26.7 Å². The van der Waals surface area contributed by atoms with E-state index in [0.29, 0.717) is 0 Å². The minimum Gasteiger partial charge on any atom is -0.468 e. The number of hydrogen-bond acceptors (Lipinski definition) is 3. The molecule has 0 spiro atoms. The number of methoxy groups -OCH3 is 1. The Labute approximate surface area is 77.8 Å². The summed E-state index contributed by atoms with van der Waals surface area (Å²) < 4.78 is 4.60. The van der Waals surface area contributed by atoms with E-state index in [1.54, 1.807) is 6.08 Å². The van der Waals surface area contributed by atoms with Gasteiger partial charge in [-0.25, -0.2) is 0 Å². The summed E-state index contributed by atoms with van der Waals surface area (Å²) in [7, 11) is 1.31. The van der Waals surface area contributed by atoms with Gasteiger partial charge in [0.1, 0.15) is 0 Å². The van der Waals surface area contributed by atoms with Gasteiger partial charge >= 0.3 is 5.97 Å². The molecule has 0 saturated heterocycles. The number of rotatable bonds is 4. The smallest absolute Gasteiger partial charge is 0.327 e. The van der Waals surface area contributed by atoms with Crippen LogP contribution in [0.15, 0.2) is 11.6 Å². The van der Waals surface area contributed by atoms with Gasteiger partial charge in [-0.1, -0.05) is 19.4 Å². The summed E-state index contributed by atoms with van der Waals surface area (Å²) in [4.78, 5) is 22.6. The quantitative estimate of drug-likeness (QED) is 0.375. The van der Waals surface area contributed by atoms with Crippen molar-refractivity contribution in [2.75, 3.05) is 7.11 Å². The molecule has 0 aromatic heterocycles. The maximum absolute atomic E-state index is 11.3. The van der Waals surface area contributed by atoms with Crippen molar-refractivity contribution < 1.29 is 14.3 Å². The monoisotopic (exact) mass is 182 g/mol. The molecule has 0 heterocycles. The second-order valence-corrected chi connectivity index (χ2v) is 3.28. The van der Waals surface area contributed by atoms with Crippen LogP contribution in [-0.4, -0.2) is 18.9 Å². The first-order valence-corrected chi connectivity index (χ1v) is 4.41. The molecule has 3 heteroatoms. The van der Waals surface area contributed by atoms with Crippen LogP contribution in [0.25, 0.3) is 0 Å². The van der Waals surface area contributed by atoms with Gasteiger partial charge in [-0.05, 0) is 18.9 Å². The summed E-state index contributed by atoms with van der Waals surface area (Å²) >= 11 is 0. The van der Waals surface area contributed by atoms with Gasteiger partial charge in [0.05, 0.1) is 7.11 Å². The Morgan fingerprint density at radius 1 is 1.54 bits per heavy atom. The largest absolute Gasteiger partial charge is 0.468 e. The summed E-state index contributed by atoms with van der Waals surface area (Å²) in [6, 6.07) is 0. The number of hydrogen-bond donors (Lipinski definition) is 0. The Hall–Kier alpha value is -1.12. The number of ketones is 1. The summed E-state index contributed by atoms with van der Waals surface area (Å²) in [5.41, 5.74) is -0.0700. The van der Waals surface area contributed by atoms with Crippen molar-refractivity contribution in [1.29, 1.82) is 0 Å². The van der Waals surface area contributed by atoms with Crippen LogP contribution < -0.4 is 0 Å². The molecule has 0 fully saturated rings. The molecule has 3 nitrogen and oxygen atoms in total. The van der Waals surface area contributed by atoms with E-state index >= 15 is 0 Å². The fourth-order valence-electron chi connectivity index (χ4n) is 1.59. The van der Waals surface area contributed by atoms with Gasteiger partial charge in [0, 0.05) is 0 Å². The number of carbonyl (C=O) groups is 2. The fraction of sp³-hybridized carbons (Fsp3) is 0.600. The van der Waals surface area contributed by atoms with Crippen LogP contribution >= 0.6 is 0 Å². The second-order valence-electron chi connectivity index (χ2n) is 3.28. The Morgan fingerprint density at radius 3 is 2.54 bits per heavy atom. The van der Waals surface area contributed by atoms with E-state index < -0.39 is 11.4 Å². The number of Topliss-reactive ketones (excluding diaryl/α,β-unsaturated/α-hetero) is 1. The highest BCUT2D eigenvalue weighted by Gasteiger charge is 2.55. The van der Waals surface area contributed by atoms with Crippen LogP contribution in [-0.2, 0) is 14.3 Å². The molecule has 0 aromatic rings.